The normalized spacial score (nSPS) is 36.5. The van der Waals surface area contributed by atoms with Gasteiger partial charge in [-0.1, -0.05) is 11.6 Å². The lowest BCUT2D eigenvalue weighted by Crippen LogP contribution is -2.34. The van der Waals surface area contributed by atoms with Crippen LogP contribution in [0.5, 0.6) is 0 Å². The zero-order valence-corrected chi connectivity index (χ0v) is 8.33. The molecule has 0 aromatic rings. The fourth-order valence-electron chi connectivity index (χ4n) is 2.81. The van der Waals surface area contributed by atoms with Gasteiger partial charge in [0.2, 0.25) is 0 Å². The first kappa shape index (κ1) is 9.66. The minimum absolute atomic E-state index is 0.143. The lowest BCUT2D eigenvalue weighted by molar-refractivity contribution is -0.116. The van der Waals surface area contributed by atoms with Gasteiger partial charge in [-0.05, 0) is 31.8 Å². The molecule has 1 saturated carbocycles. The van der Waals surface area contributed by atoms with Crippen molar-refractivity contribution in [1.29, 1.82) is 0 Å². The number of hydrogen-bond acceptors (Lipinski definition) is 2. The molecule has 1 fully saturated rings. The van der Waals surface area contributed by atoms with Crippen molar-refractivity contribution in [2.75, 3.05) is 0 Å². The van der Waals surface area contributed by atoms with E-state index in [0.29, 0.717) is 6.42 Å². The minimum Gasteiger partial charge on any atom is -0.392 e. The highest BCUT2D eigenvalue weighted by Crippen LogP contribution is 2.51. The Balaban J connectivity index is 2.37. The molecule has 1 N–H and O–H groups in total. The molecular weight excluding hydrogens is 176 g/mol. The molecule has 0 radical (unpaired) electrons. The third-order valence-corrected chi connectivity index (χ3v) is 3.63. The Labute approximate surface area is 84.3 Å². The molecule has 2 rings (SSSR count). The minimum atomic E-state index is -0.278. The Morgan fingerprint density at radius 3 is 3.14 bits per heavy atom. The largest absolute Gasteiger partial charge is 0.392 e. The van der Waals surface area contributed by atoms with Crippen molar-refractivity contribution >= 4 is 5.78 Å². The van der Waals surface area contributed by atoms with Gasteiger partial charge in [-0.15, -0.1) is 6.58 Å². The molecule has 14 heavy (non-hydrogen) atoms. The van der Waals surface area contributed by atoms with E-state index in [2.05, 4.69) is 6.58 Å². The van der Waals surface area contributed by atoms with Crippen LogP contribution in [0.25, 0.3) is 0 Å². The predicted octanol–water partition coefficient (Wildman–Crippen LogP) is 1.99. The summed E-state index contributed by atoms with van der Waals surface area (Å²) in [6.07, 6.45) is 7.18. The summed E-state index contributed by atoms with van der Waals surface area (Å²) < 4.78 is 0. The first-order chi connectivity index (χ1) is 6.69. The quantitative estimate of drug-likeness (QED) is 0.679. The number of aliphatic hydroxyl groups is 1. The Morgan fingerprint density at radius 1 is 1.64 bits per heavy atom. The van der Waals surface area contributed by atoms with E-state index in [0.717, 1.165) is 31.3 Å². The molecule has 2 atom stereocenters. The van der Waals surface area contributed by atoms with Gasteiger partial charge >= 0.3 is 0 Å². The van der Waals surface area contributed by atoms with Gasteiger partial charge in [0.1, 0.15) is 0 Å². The molecule has 2 nitrogen and oxygen atoms in total. The van der Waals surface area contributed by atoms with E-state index >= 15 is 0 Å². The highest BCUT2D eigenvalue weighted by atomic mass is 16.3. The van der Waals surface area contributed by atoms with E-state index in [1.807, 2.05) is 6.08 Å². The maximum absolute atomic E-state index is 11.3. The van der Waals surface area contributed by atoms with Gasteiger partial charge in [0.25, 0.3) is 0 Å². The van der Waals surface area contributed by atoms with Gasteiger partial charge in [0.15, 0.2) is 5.78 Å². The number of carbonyl (C=O) groups is 1. The highest BCUT2D eigenvalue weighted by molar-refractivity contribution is 5.91. The van der Waals surface area contributed by atoms with Crippen LogP contribution in [-0.4, -0.2) is 17.0 Å². The van der Waals surface area contributed by atoms with Crippen molar-refractivity contribution in [1.82, 2.24) is 0 Å². The van der Waals surface area contributed by atoms with E-state index in [1.54, 1.807) is 6.08 Å². The zero-order chi connectivity index (χ0) is 10.2. The molecule has 2 aliphatic carbocycles. The van der Waals surface area contributed by atoms with Crippen molar-refractivity contribution in [2.45, 2.75) is 38.2 Å². The fourth-order valence-corrected chi connectivity index (χ4v) is 2.81. The third-order valence-electron chi connectivity index (χ3n) is 3.63. The van der Waals surface area contributed by atoms with Crippen molar-refractivity contribution in [3.05, 3.63) is 24.3 Å². The van der Waals surface area contributed by atoms with Crippen LogP contribution in [0.2, 0.25) is 0 Å². The molecule has 2 aliphatic rings. The second kappa shape index (κ2) is 3.35. The number of aliphatic hydroxyl groups excluding tert-OH is 1. The predicted molar refractivity (Wildman–Crippen MR) is 54.8 cm³/mol. The van der Waals surface area contributed by atoms with E-state index in [9.17, 15) is 9.90 Å². The Kier molecular flexibility index (Phi) is 2.31. The fraction of sp³-hybridized carbons (Fsp3) is 0.583. The number of allylic oxidation sites excluding steroid dienone is 2. The monoisotopic (exact) mass is 192 g/mol. The third kappa shape index (κ3) is 1.25. The van der Waals surface area contributed by atoms with Gasteiger partial charge in [0.05, 0.1) is 6.10 Å². The first-order valence-corrected chi connectivity index (χ1v) is 5.22. The molecule has 0 aromatic carbocycles. The van der Waals surface area contributed by atoms with Crippen molar-refractivity contribution in [3.63, 3.8) is 0 Å². The first-order valence-electron chi connectivity index (χ1n) is 5.22. The lowest BCUT2D eigenvalue weighted by Gasteiger charge is -2.35. The summed E-state index contributed by atoms with van der Waals surface area (Å²) in [6, 6.07) is 0. The Morgan fingerprint density at radius 2 is 2.43 bits per heavy atom. The molecule has 0 amide bonds. The zero-order valence-electron chi connectivity index (χ0n) is 8.33. The lowest BCUT2D eigenvalue weighted by atomic mass is 9.70. The number of ketones is 1. The summed E-state index contributed by atoms with van der Waals surface area (Å²) in [7, 11) is 0. The SMILES string of the molecule is C=CC[C@@]12CCC(=O)C=C1CC[C@H]2O. The standard InChI is InChI=1S/C12H16O2/c1-2-6-12-7-5-10(13)8-9(12)3-4-11(12)14/h2,8,11,14H,1,3-7H2/t11-,12-/m1/s1. The second-order valence-corrected chi connectivity index (χ2v) is 4.34. The average molecular weight is 192 g/mol. The van der Waals surface area contributed by atoms with Crippen LogP contribution in [0.4, 0.5) is 0 Å². The van der Waals surface area contributed by atoms with E-state index in [-0.39, 0.29) is 17.3 Å². The van der Waals surface area contributed by atoms with Crippen LogP contribution in [0, 0.1) is 5.41 Å². The smallest absolute Gasteiger partial charge is 0.155 e. The summed E-state index contributed by atoms with van der Waals surface area (Å²) >= 11 is 0. The van der Waals surface area contributed by atoms with Crippen molar-refractivity contribution in [3.8, 4) is 0 Å². The maximum Gasteiger partial charge on any atom is 0.155 e. The van der Waals surface area contributed by atoms with Crippen molar-refractivity contribution in [2.24, 2.45) is 5.41 Å². The van der Waals surface area contributed by atoms with Crippen LogP contribution in [0.1, 0.15) is 32.1 Å². The summed E-state index contributed by atoms with van der Waals surface area (Å²) in [5.41, 5.74) is 1.01. The van der Waals surface area contributed by atoms with Crippen LogP contribution < -0.4 is 0 Å². The van der Waals surface area contributed by atoms with E-state index in [4.69, 9.17) is 0 Å². The second-order valence-electron chi connectivity index (χ2n) is 4.34. The van der Waals surface area contributed by atoms with Crippen LogP contribution in [0.15, 0.2) is 24.3 Å². The summed E-state index contributed by atoms with van der Waals surface area (Å²) in [4.78, 5) is 11.3. The molecule has 0 aromatic heterocycles. The van der Waals surface area contributed by atoms with Crippen molar-refractivity contribution < 1.29 is 9.90 Å². The van der Waals surface area contributed by atoms with Gasteiger partial charge in [-0.25, -0.2) is 0 Å². The Bertz CT molecular complexity index is 303. The molecule has 0 unspecified atom stereocenters. The Hall–Kier alpha value is -0.890. The van der Waals surface area contributed by atoms with E-state index < -0.39 is 0 Å². The molecule has 0 bridgehead atoms. The number of hydrogen-bond donors (Lipinski definition) is 1. The number of rotatable bonds is 2. The molecule has 76 valence electrons. The topological polar surface area (TPSA) is 37.3 Å². The van der Waals surface area contributed by atoms with Gasteiger partial charge in [0, 0.05) is 11.8 Å². The highest BCUT2D eigenvalue weighted by Gasteiger charge is 2.46. The molecular formula is C12H16O2. The molecule has 0 heterocycles. The number of carbonyl (C=O) groups excluding carboxylic acids is 1. The average Bonchev–Trinajstić information content (AvgIpc) is 2.46. The summed E-state index contributed by atoms with van der Waals surface area (Å²) in [5, 5.41) is 9.99. The van der Waals surface area contributed by atoms with Crippen LogP contribution in [0.3, 0.4) is 0 Å². The molecule has 0 spiro atoms. The van der Waals surface area contributed by atoms with E-state index in [1.165, 1.54) is 0 Å². The molecule has 0 saturated heterocycles. The van der Waals surface area contributed by atoms with Gasteiger partial charge < -0.3 is 5.11 Å². The maximum atomic E-state index is 11.3. The van der Waals surface area contributed by atoms with Crippen LogP contribution in [-0.2, 0) is 4.79 Å². The summed E-state index contributed by atoms with van der Waals surface area (Å²) in [6.45, 7) is 3.74. The summed E-state index contributed by atoms with van der Waals surface area (Å²) in [5.74, 6) is 0.216. The van der Waals surface area contributed by atoms with Gasteiger partial charge in [-0.2, -0.15) is 0 Å². The van der Waals surface area contributed by atoms with Gasteiger partial charge in [-0.3, -0.25) is 4.79 Å². The molecule has 0 aliphatic heterocycles. The molecule has 2 heteroatoms. The number of fused-ring (bicyclic) bond motifs is 1. The van der Waals surface area contributed by atoms with Crippen LogP contribution >= 0.6 is 0 Å².